The van der Waals surface area contributed by atoms with E-state index >= 15 is 0 Å². The summed E-state index contributed by atoms with van der Waals surface area (Å²) in [4.78, 5) is 28.3. The van der Waals surface area contributed by atoms with E-state index in [1.807, 2.05) is 10.8 Å². The van der Waals surface area contributed by atoms with Crippen molar-refractivity contribution in [2.75, 3.05) is 0 Å². The minimum atomic E-state index is -2.23. The van der Waals surface area contributed by atoms with Crippen molar-refractivity contribution in [3.05, 3.63) is 41.2 Å². The fourth-order valence-electron chi connectivity index (χ4n) is 4.61. The largest absolute Gasteiger partial charge is 0.411 e. The van der Waals surface area contributed by atoms with E-state index in [-0.39, 0.29) is 21.7 Å². The number of nitrogens with zero attached hydrogens (tertiary/aromatic N) is 5. The molecule has 0 saturated carbocycles. The van der Waals surface area contributed by atoms with Crippen LogP contribution in [0.4, 0.5) is 0 Å². The van der Waals surface area contributed by atoms with Gasteiger partial charge < -0.3 is 18.6 Å². The Balaban J connectivity index is 1.57. The highest BCUT2D eigenvalue weighted by Crippen LogP contribution is 2.56. The molecule has 0 spiro atoms. The Bertz CT molecular complexity index is 1360. The van der Waals surface area contributed by atoms with Crippen molar-refractivity contribution in [2.45, 2.75) is 108 Å². The summed E-state index contributed by atoms with van der Waals surface area (Å²) in [5, 5.41) is 0.0261. The highest BCUT2D eigenvalue weighted by molar-refractivity contribution is 6.74. The summed E-state index contributed by atoms with van der Waals surface area (Å²) >= 11 is 0. The van der Waals surface area contributed by atoms with Gasteiger partial charge in [0.05, 0.1) is 18.8 Å². The monoisotopic (exact) mass is 544 g/mol. The van der Waals surface area contributed by atoms with E-state index in [4.69, 9.17) is 13.6 Å². The molecule has 1 unspecified atom stereocenters. The van der Waals surface area contributed by atoms with Crippen molar-refractivity contribution in [3.8, 4) is 0 Å². The summed E-state index contributed by atoms with van der Waals surface area (Å²) in [6.45, 7) is 22.5. The van der Waals surface area contributed by atoms with Crippen molar-refractivity contribution in [3.63, 3.8) is 0 Å². The lowest BCUT2D eigenvalue weighted by Crippen LogP contribution is -2.54. The molecular weight excluding hydrogens is 504 g/mol. The van der Waals surface area contributed by atoms with E-state index in [1.54, 1.807) is 12.5 Å². The molecule has 1 fully saturated rings. The maximum absolute atomic E-state index is 12.3. The van der Waals surface area contributed by atoms with Gasteiger partial charge in [0, 0.05) is 18.8 Å². The third-order valence-electron chi connectivity index (χ3n) is 8.87. The van der Waals surface area contributed by atoms with Gasteiger partial charge in [-0.1, -0.05) is 41.5 Å². The molecule has 1 N–H and O–H groups in total. The van der Waals surface area contributed by atoms with Gasteiger partial charge >= 0.3 is 0 Å². The molecule has 1 saturated heterocycles. The molecule has 202 valence electrons. The molecule has 37 heavy (non-hydrogen) atoms. The Morgan fingerprint density at radius 2 is 1.73 bits per heavy atom. The van der Waals surface area contributed by atoms with Gasteiger partial charge in [0.15, 0.2) is 33.6 Å². The minimum Gasteiger partial charge on any atom is -0.411 e. The van der Waals surface area contributed by atoms with Crippen LogP contribution in [0.2, 0.25) is 36.3 Å². The number of H-pyrrole nitrogens is 1. The topological polar surface area (TPSA) is 109 Å². The number of aromatic nitrogens is 6. The predicted octanol–water partition coefficient (Wildman–Crippen LogP) is 4.73. The molecule has 5 heterocycles. The fourth-order valence-corrected chi connectivity index (χ4v) is 7.33. The zero-order valence-corrected chi connectivity index (χ0v) is 25.6. The molecule has 0 amide bonds. The zero-order valence-electron chi connectivity index (χ0n) is 23.6. The highest BCUT2D eigenvalue weighted by Gasteiger charge is 2.68. The second kappa shape index (κ2) is 8.19. The van der Waals surface area contributed by atoms with Gasteiger partial charge in [-0.2, -0.15) is 0 Å². The highest BCUT2D eigenvalue weighted by atomic mass is 28.4. The van der Waals surface area contributed by atoms with Gasteiger partial charge in [0.1, 0.15) is 12.3 Å². The van der Waals surface area contributed by atoms with E-state index in [0.29, 0.717) is 17.6 Å². The van der Waals surface area contributed by atoms with E-state index in [2.05, 4.69) is 92.2 Å². The first-order valence-corrected chi connectivity index (χ1v) is 18.8. The van der Waals surface area contributed by atoms with Crippen molar-refractivity contribution in [1.29, 1.82) is 0 Å². The third-order valence-corrected chi connectivity index (χ3v) is 17.8. The predicted molar refractivity (Wildman–Crippen MR) is 146 cm³/mol. The average molecular weight is 545 g/mol. The maximum atomic E-state index is 12.3. The summed E-state index contributed by atoms with van der Waals surface area (Å²) in [6.07, 6.45) is 6.33. The number of hydrogen-bond acceptors (Lipinski definition) is 7. The van der Waals surface area contributed by atoms with Crippen LogP contribution in [0.3, 0.4) is 0 Å². The summed E-state index contributed by atoms with van der Waals surface area (Å²) in [6, 6.07) is 0. The van der Waals surface area contributed by atoms with Crippen LogP contribution in [0.5, 0.6) is 0 Å². The van der Waals surface area contributed by atoms with Gasteiger partial charge in [-0.15, -0.1) is 0 Å². The van der Waals surface area contributed by atoms with Crippen LogP contribution in [0.15, 0.2) is 29.8 Å². The molecule has 0 aliphatic carbocycles. The first-order chi connectivity index (χ1) is 17.0. The first-order valence-electron chi connectivity index (χ1n) is 13.0. The molecule has 10 nitrogen and oxygen atoms in total. The number of hydrogen-bond donors (Lipinski definition) is 1. The molecule has 0 radical (unpaired) electrons. The molecule has 3 aromatic heterocycles. The Morgan fingerprint density at radius 3 is 2.32 bits per heavy atom. The number of aromatic amines is 1. The number of fused-ring (bicyclic) bond motifs is 2. The first kappa shape index (κ1) is 26.5. The second-order valence-corrected chi connectivity index (χ2v) is 22.9. The van der Waals surface area contributed by atoms with Gasteiger partial charge in [0.2, 0.25) is 5.72 Å². The number of ether oxygens (including phenoxy) is 1. The van der Waals surface area contributed by atoms with Crippen molar-refractivity contribution in [2.24, 2.45) is 0 Å². The molecule has 2 aliphatic heterocycles. The minimum absolute atomic E-state index is 0.00156. The summed E-state index contributed by atoms with van der Waals surface area (Å²) in [5.74, 6) is 0.872. The lowest BCUT2D eigenvalue weighted by atomic mass is 10.1. The van der Waals surface area contributed by atoms with Crippen LogP contribution in [0, 0.1) is 0 Å². The fraction of sp³-hybridized carbons (Fsp3) is 0.680. The molecule has 2 aliphatic rings. The van der Waals surface area contributed by atoms with Crippen LogP contribution in [0.25, 0.3) is 11.2 Å². The summed E-state index contributed by atoms with van der Waals surface area (Å²) in [7, 11) is -4.40. The van der Waals surface area contributed by atoms with Crippen LogP contribution >= 0.6 is 0 Å². The smallest absolute Gasteiger partial charge is 0.278 e. The van der Waals surface area contributed by atoms with E-state index in [1.165, 1.54) is 6.33 Å². The van der Waals surface area contributed by atoms with Gasteiger partial charge in [-0.3, -0.25) is 13.9 Å². The Morgan fingerprint density at radius 1 is 1.05 bits per heavy atom. The van der Waals surface area contributed by atoms with Crippen molar-refractivity contribution in [1.82, 2.24) is 29.1 Å². The SMILES string of the molecule is CC(C)(C)[Si](C)(C)O[C@H]1C[C@H](n2cnc3c(=O)[nH]cnc32)O[C@@H]1C1(O[Si](C)(C)C(C)(C)C)c2nccn21. The van der Waals surface area contributed by atoms with E-state index in [0.717, 1.165) is 5.82 Å². The quantitative estimate of drug-likeness (QED) is 0.447. The van der Waals surface area contributed by atoms with Gasteiger partial charge in [0.25, 0.3) is 5.56 Å². The van der Waals surface area contributed by atoms with E-state index in [9.17, 15) is 4.79 Å². The van der Waals surface area contributed by atoms with Crippen LogP contribution in [-0.4, -0.2) is 57.9 Å². The summed E-state index contributed by atoms with van der Waals surface area (Å²) < 4.78 is 25.0. The molecule has 12 heteroatoms. The third kappa shape index (κ3) is 4.08. The van der Waals surface area contributed by atoms with Crippen molar-refractivity contribution >= 4 is 27.8 Å². The van der Waals surface area contributed by atoms with Crippen LogP contribution < -0.4 is 5.56 Å². The molecule has 0 aromatic carbocycles. The molecule has 5 rings (SSSR count). The summed E-state index contributed by atoms with van der Waals surface area (Å²) in [5.41, 5.74) is -0.287. The van der Waals surface area contributed by atoms with Crippen molar-refractivity contribution < 1.29 is 13.6 Å². The van der Waals surface area contributed by atoms with Gasteiger partial charge in [-0.25, -0.2) is 15.0 Å². The lowest BCUT2D eigenvalue weighted by Gasteiger charge is -2.43. The number of nitrogens with one attached hydrogen (secondary N) is 1. The standard InChI is InChI=1S/C25H40N6O4Si2/c1-23(2,3)36(7,8)34-16-13-17(30-15-29-18-20(30)27-14-28-21(18)32)33-19(16)25(22-26-11-12-31(22)25)35-37(9,10)24(4,5)6/h11-12,14-17,19H,13H2,1-10H3,(H,27,28,32)/t16-,17+,19-,25?,31?/m0/s1. The second-order valence-electron chi connectivity index (χ2n) is 13.4. The molecule has 3 aromatic rings. The molecule has 4 atom stereocenters. The molecular formula is C25H40N6O4Si2. The Kier molecular flexibility index (Phi) is 5.86. The number of imidazole rings is 2. The zero-order chi connectivity index (χ0) is 27.2. The van der Waals surface area contributed by atoms with Gasteiger partial charge in [-0.05, 0) is 36.3 Å². The van der Waals surface area contributed by atoms with E-state index < -0.39 is 34.7 Å². The lowest BCUT2D eigenvalue weighted by molar-refractivity contribution is -0.112. The Labute approximate surface area is 220 Å². The average Bonchev–Trinajstić information content (AvgIpc) is 3.27. The van der Waals surface area contributed by atoms with Crippen LogP contribution in [0.1, 0.15) is 60.0 Å². The number of rotatable bonds is 6. The van der Waals surface area contributed by atoms with Crippen LogP contribution in [-0.2, 0) is 19.3 Å². The Hall–Kier alpha value is -2.13. The normalized spacial score (nSPS) is 26.6. The molecule has 0 bridgehead atoms. The maximum Gasteiger partial charge on any atom is 0.278 e.